The summed E-state index contributed by atoms with van der Waals surface area (Å²) in [7, 11) is 0. The van der Waals surface area contributed by atoms with Crippen molar-refractivity contribution in [2.45, 2.75) is 40.0 Å². The topological polar surface area (TPSA) is 40.5 Å². The van der Waals surface area contributed by atoms with Gasteiger partial charge in [0.05, 0.1) is 6.61 Å². The van der Waals surface area contributed by atoms with Crippen LogP contribution in [0.2, 0.25) is 0 Å². The highest BCUT2D eigenvalue weighted by molar-refractivity contribution is 5.13. The Bertz CT molecular complexity index is 271. The van der Waals surface area contributed by atoms with Gasteiger partial charge in [0.2, 0.25) is 0 Å². The first-order valence-corrected chi connectivity index (χ1v) is 6.31. The molecule has 0 fully saturated rings. The van der Waals surface area contributed by atoms with Gasteiger partial charge in [-0.25, -0.2) is 0 Å². The Morgan fingerprint density at radius 3 is 2.47 bits per heavy atom. The monoisotopic (exact) mass is 238 g/mol. The molecule has 0 aromatic rings. The summed E-state index contributed by atoms with van der Waals surface area (Å²) in [4.78, 5) is 0. The van der Waals surface area contributed by atoms with E-state index in [4.69, 9.17) is 10.2 Å². The summed E-state index contributed by atoms with van der Waals surface area (Å²) in [5.41, 5.74) is 2.24. The molecule has 0 amide bonds. The summed E-state index contributed by atoms with van der Waals surface area (Å²) < 4.78 is 0. The predicted molar refractivity (Wildman–Crippen MR) is 73.8 cm³/mol. The lowest BCUT2D eigenvalue weighted by Crippen LogP contribution is -1.93. The van der Waals surface area contributed by atoms with Gasteiger partial charge < -0.3 is 10.2 Å². The number of hydrogen-bond donors (Lipinski definition) is 2. The lowest BCUT2D eigenvalue weighted by Gasteiger charge is -2.03. The van der Waals surface area contributed by atoms with Crippen LogP contribution in [0.4, 0.5) is 0 Å². The molecule has 0 bridgehead atoms. The van der Waals surface area contributed by atoms with Crippen molar-refractivity contribution in [3.8, 4) is 0 Å². The van der Waals surface area contributed by atoms with E-state index in [1.165, 1.54) is 5.57 Å². The molecule has 2 heteroatoms. The van der Waals surface area contributed by atoms with Crippen LogP contribution in [0.25, 0.3) is 0 Å². The minimum Gasteiger partial charge on any atom is -0.396 e. The SMILES string of the molecule is CC(C)=CCCC(C)/C=C/C=C(/CO)CCO. The van der Waals surface area contributed by atoms with Crippen LogP contribution >= 0.6 is 0 Å². The van der Waals surface area contributed by atoms with Crippen molar-refractivity contribution in [1.82, 2.24) is 0 Å². The fourth-order valence-corrected chi connectivity index (χ4v) is 1.47. The zero-order valence-electron chi connectivity index (χ0n) is 11.3. The molecular formula is C15H26O2. The molecule has 0 spiro atoms. The van der Waals surface area contributed by atoms with Gasteiger partial charge in [0.1, 0.15) is 0 Å². The molecule has 0 rings (SSSR count). The van der Waals surface area contributed by atoms with Gasteiger partial charge in [0, 0.05) is 6.61 Å². The van der Waals surface area contributed by atoms with Crippen LogP contribution in [0.1, 0.15) is 40.0 Å². The van der Waals surface area contributed by atoms with Crippen molar-refractivity contribution >= 4 is 0 Å². The van der Waals surface area contributed by atoms with Crippen molar-refractivity contribution in [3.63, 3.8) is 0 Å². The van der Waals surface area contributed by atoms with E-state index in [9.17, 15) is 0 Å². The Morgan fingerprint density at radius 2 is 1.94 bits per heavy atom. The number of hydrogen-bond acceptors (Lipinski definition) is 2. The molecule has 0 saturated heterocycles. The van der Waals surface area contributed by atoms with Gasteiger partial charge >= 0.3 is 0 Å². The van der Waals surface area contributed by atoms with E-state index < -0.39 is 0 Å². The Hall–Kier alpha value is -0.860. The fraction of sp³-hybridized carbons (Fsp3) is 0.600. The molecule has 1 unspecified atom stereocenters. The molecule has 2 N–H and O–H groups in total. The molecule has 1 atom stereocenters. The summed E-state index contributed by atoms with van der Waals surface area (Å²) >= 11 is 0. The molecule has 0 heterocycles. The third-order valence-corrected chi connectivity index (χ3v) is 2.58. The summed E-state index contributed by atoms with van der Waals surface area (Å²) in [6.07, 6.45) is 11.1. The quantitative estimate of drug-likeness (QED) is 0.503. The zero-order valence-corrected chi connectivity index (χ0v) is 11.3. The first kappa shape index (κ1) is 16.1. The second-order valence-corrected chi connectivity index (χ2v) is 4.68. The van der Waals surface area contributed by atoms with Crippen LogP contribution in [0.5, 0.6) is 0 Å². The molecule has 17 heavy (non-hydrogen) atoms. The van der Waals surface area contributed by atoms with Crippen molar-refractivity contribution < 1.29 is 10.2 Å². The first-order chi connectivity index (χ1) is 8.10. The highest BCUT2D eigenvalue weighted by atomic mass is 16.3. The van der Waals surface area contributed by atoms with Crippen molar-refractivity contribution in [2.24, 2.45) is 5.92 Å². The van der Waals surface area contributed by atoms with E-state index >= 15 is 0 Å². The molecule has 0 radical (unpaired) electrons. The Balaban J connectivity index is 4.01. The van der Waals surface area contributed by atoms with Crippen LogP contribution in [-0.2, 0) is 0 Å². The average molecular weight is 238 g/mol. The van der Waals surface area contributed by atoms with Crippen LogP contribution in [-0.4, -0.2) is 23.4 Å². The van der Waals surface area contributed by atoms with E-state index in [1.807, 2.05) is 12.2 Å². The maximum absolute atomic E-state index is 9.00. The molecule has 0 aliphatic heterocycles. The van der Waals surface area contributed by atoms with Crippen LogP contribution in [0.3, 0.4) is 0 Å². The molecule has 0 aliphatic rings. The van der Waals surface area contributed by atoms with E-state index in [1.54, 1.807) is 0 Å². The summed E-state index contributed by atoms with van der Waals surface area (Å²) in [6, 6.07) is 0. The molecule has 0 aromatic heterocycles. The normalized spacial score (nSPS) is 14.1. The lowest BCUT2D eigenvalue weighted by atomic mass is 10.0. The van der Waals surface area contributed by atoms with Gasteiger partial charge in [-0.05, 0) is 44.6 Å². The molecule has 98 valence electrons. The first-order valence-electron chi connectivity index (χ1n) is 6.31. The second kappa shape index (κ2) is 10.3. The smallest absolute Gasteiger partial charge is 0.0645 e. The Kier molecular flexibility index (Phi) is 9.78. The molecule has 0 aromatic carbocycles. The number of rotatable bonds is 8. The van der Waals surface area contributed by atoms with Crippen molar-refractivity contribution in [2.75, 3.05) is 13.2 Å². The van der Waals surface area contributed by atoms with E-state index in [2.05, 4.69) is 32.9 Å². The van der Waals surface area contributed by atoms with Gasteiger partial charge in [0.25, 0.3) is 0 Å². The maximum atomic E-state index is 9.00. The largest absolute Gasteiger partial charge is 0.396 e. The molecule has 0 aliphatic carbocycles. The second-order valence-electron chi connectivity index (χ2n) is 4.68. The van der Waals surface area contributed by atoms with Crippen LogP contribution in [0, 0.1) is 5.92 Å². The Morgan fingerprint density at radius 1 is 1.24 bits per heavy atom. The van der Waals surface area contributed by atoms with Gasteiger partial charge in [-0.15, -0.1) is 0 Å². The van der Waals surface area contributed by atoms with Crippen molar-refractivity contribution in [1.29, 1.82) is 0 Å². The van der Waals surface area contributed by atoms with Crippen LogP contribution in [0.15, 0.2) is 35.5 Å². The summed E-state index contributed by atoms with van der Waals surface area (Å²) in [5, 5.41) is 17.8. The van der Waals surface area contributed by atoms with E-state index in [0.717, 1.165) is 18.4 Å². The molecule has 2 nitrogen and oxygen atoms in total. The van der Waals surface area contributed by atoms with Crippen molar-refractivity contribution in [3.05, 3.63) is 35.5 Å². The van der Waals surface area contributed by atoms with E-state index in [-0.39, 0.29) is 13.2 Å². The highest BCUT2D eigenvalue weighted by Crippen LogP contribution is 2.10. The van der Waals surface area contributed by atoms with E-state index in [0.29, 0.717) is 12.3 Å². The summed E-state index contributed by atoms with van der Waals surface area (Å²) in [6.45, 7) is 6.54. The van der Waals surface area contributed by atoms with Gasteiger partial charge in [0.15, 0.2) is 0 Å². The number of allylic oxidation sites excluding steroid dienone is 5. The third-order valence-electron chi connectivity index (χ3n) is 2.58. The third kappa shape index (κ3) is 10.0. The molecular weight excluding hydrogens is 212 g/mol. The number of aliphatic hydroxyl groups is 2. The number of aliphatic hydroxyl groups excluding tert-OH is 2. The highest BCUT2D eigenvalue weighted by Gasteiger charge is 1.95. The summed E-state index contributed by atoms with van der Waals surface area (Å²) in [5.74, 6) is 0.538. The van der Waals surface area contributed by atoms with Gasteiger partial charge in [-0.1, -0.05) is 36.8 Å². The fourth-order valence-electron chi connectivity index (χ4n) is 1.47. The molecule has 0 saturated carbocycles. The maximum Gasteiger partial charge on any atom is 0.0645 e. The standard InChI is InChI=1S/C15H26O2/c1-13(2)6-4-7-14(3)8-5-9-15(12-17)10-11-16/h5-6,8-9,14,16-17H,4,7,10-12H2,1-3H3/b8-5+,15-9+. The zero-order chi connectivity index (χ0) is 13.1. The average Bonchev–Trinajstić information content (AvgIpc) is 2.27. The lowest BCUT2D eigenvalue weighted by molar-refractivity contribution is 0.279. The van der Waals surface area contributed by atoms with Crippen LogP contribution < -0.4 is 0 Å². The Labute approximate surface area is 105 Å². The predicted octanol–water partition coefficient (Wildman–Crippen LogP) is 3.23. The van der Waals surface area contributed by atoms with Gasteiger partial charge in [-0.3, -0.25) is 0 Å². The van der Waals surface area contributed by atoms with Gasteiger partial charge in [-0.2, -0.15) is 0 Å². The minimum atomic E-state index is 0.0248. The minimum absolute atomic E-state index is 0.0248.